The van der Waals surface area contributed by atoms with Gasteiger partial charge in [-0.25, -0.2) is 0 Å². The Morgan fingerprint density at radius 3 is 2.52 bits per heavy atom. The number of rotatable bonds is 4. The third kappa shape index (κ3) is 3.74. The third-order valence-electron chi connectivity index (χ3n) is 4.83. The van der Waals surface area contributed by atoms with Crippen molar-refractivity contribution >= 4 is 5.78 Å². The Labute approximate surface area is 155 Å². The number of phenols is 1. The van der Waals surface area contributed by atoms with E-state index in [4.69, 9.17) is 14.2 Å². The number of ether oxygens (including phenoxy) is 3. The summed E-state index contributed by atoms with van der Waals surface area (Å²) in [6.07, 6.45) is -7.62. The van der Waals surface area contributed by atoms with Gasteiger partial charge in [-0.1, -0.05) is 13.8 Å². The highest BCUT2D eigenvalue weighted by Crippen LogP contribution is 2.40. The second-order valence-electron chi connectivity index (χ2n) is 7.16. The van der Waals surface area contributed by atoms with Crippen LogP contribution in [-0.4, -0.2) is 74.7 Å². The van der Waals surface area contributed by atoms with Crippen molar-refractivity contribution in [3.05, 3.63) is 17.7 Å². The van der Waals surface area contributed by atoms with Gasteiger partial charge in [0.25, 0.3) is 0 Å². The van der Waals surface area contributed by atoms with Crippen molar-refractivity contribution in [2.45, 2.75) is 57.1 Å². The van der Waals surface area contributed by atoms with E-state index in [0.29, 0.717) is 0 Å². The summed E-state index contributed by atoms with van der Waals surface area (Å²) < 4.78 is 16.6. The molecule has 0 spiro atoms. The number of carbonyl (C=O) groups is 1. The Morgan fingerprint density at radius 1 is 1.19 bits per heavy atom. The number of carbonyl (C=O) groups excluding carboxylic acids is 1. The van der Waals surface area contributed by atoms with Crippen molar-refractivity contribution in [2.75, 3.05) is 6.61 Å². The molecule has 9 heteroatoms. The lowest BCUT2D eigenvalue weighted by Crippen LogP contribution is -2.60. The molecule has 2 heterocycles. The monoisotopic (exact) mass is 384 g/mol. The largest absolute Gasteiger partial charge is 0.508 e. The smallest absolute Gasteiger partial charge is 0.229 e. The molecule has 2 aliphatic heterocycles. The van der Waals surface area contributed by atoms with Crippen LogP contribution in [0.2, 0.25) is 0 Å². The first-order valence-electron chi connectivity index (χ1n) is 8.77. The third-order valence-corrected chi connectivity index (χ3v) is 4.83. The van der Waals surface area contributed by atoms with Gasteiger partial charge in [-0.3, -0.25) is 4.79 Å². The maximum Gasteiger partial charge on any atom is 0.229 e. The molecule has 150 valence electrons. The highest BCUT2D eigenvalue weighted by atomic mass is 16.7. The highest BCUT2D eigenvalue weighted by Gasteiger charge is 2.45. The lowest BCUT2D eigenvalue weighted by atomic mass is 9.93. The van der Waals surface area contributed by atoms with E-state index in [0.717, 1.165) is 0 Å². The van der Waals surface area contributed by atoms with Crippen LogP contribution in [-0.2, 0) is 4.74 Å². The van der Waals surface area contributed by atoms with E-state index in [1.807, 2.05) is 13.8 Å². The number of fused-ring (bicyclic) bond motifs is 1. The number of aliphatic hydroxyl groups is 4. The van der Waals surface area contributed by atoms with E-state index in [1.54, 1.807) is 0 Å². The van der Waals surface area contributed by atoms with Crippen molar-refractivity contribution in [2.24, 2.45) is 5.92 Å². The number of Topliss-reactive ketones (excluding diaryl/α,β-unsaturated/α-hetero) is 1. The summed E-state index contributed by atoms with van der Waals surface area (Å²) in [4.78, 5) is 12.6. The minimum Gasteiger partial charge on any atom is -0.508 e. The summed E-state index contributed by atoms with van der Waals surface area (Å²) in [6.45, 7) is 3.22. The van der Waals surface area contributed by atoms with Gasteiger partial charge in [0.05, 0.1) is 6.61 Å². The SMILES string of the molecule is CC(C)[C@H]1CC(=O)c2c(O[C@@H]3O[C@H](CO)[C@@H](O)[C@H](O)[C@H]3O)cc(O)cc2O1. The van der Waals surface area contributed by atoms with E-state index in [-0.39, 0.29) is 47.0 Å². The first kappa shape index (κ1) is 19.8. The first-order valence-corrected chi connectivity index (χ1v) is 8.77. The van der Waals surface area contributed by atoms with Crippen LogP contribution in [0.25, 0.3) is 0 Å². The van der Waals surface area contributed by atoms with Crippen molar-refractivity contribution in [1.82, 2.24) is 0 Å². The second kappa shape index (κ2) is 7.61. The molecule has 0 unspecified atom stereocenters. The predicted molar refractivity (Wildman–Crippen MR) is 90.7 cm³/mol. The quantitative estimate of drug-likeness (QED) is 0.466. The molecule has 1 aromatic rings. The maximum atomic E-state index is 12.6. The Bertz CT molecular complexity index is 702. The van der Waals surface area contributed by atoms with E-state index in [2.05, 4.69) is 0 Å². The normalized spacial score (nSPS) is 33.5. The van der Waals surface area contributed by atoms with Gasteiger partial charge in [-0.05, 0) is 5.92 Å². The van der Waals surface area contributed by atoms with Gasteiger partial charge in [0.1, 0.15) is 53.3 Å². The minimum atomic E-state index is -1.64. The van der Waals surface area contributed by atoms with E-state index in [1.165, 1.54) is 12.1 Å². The molecule has 1 aromatic carbocycles. The Hall–Kier alpha value is -1.91. The fourth-order valence-electron chi connectivity index (χ4n) is 3.19. The molecule has 2 aliphatic rings. The molecule has 1 fully saturated rings. The van der Waals surface area contributed by atoms with Gasteiger partial charge in [-0.2, -0.15) is 0 Å². The van der Waals surface area contributed by atoms with E-state index < -0.39 is 37.3 Å². The summed E-state index contributed by atoms with van der Waals surface area (Å²) in [5, 5.41) is 49.1. The number of hydrogen-bond donors (Lipinski definition) is 5. The van der Waals surface area contributed by atoms with Gasteiger partial charge >= 0.3 is 0 Å². The Kier molecular flexibility index (Phi) is 5.59. The zero-order valence-electron chi connectivity index (χ0n) is 15.0. The molecule has 0 saturated carbocycles. The van der Waals surface area contributed by atoms with Crippen LogP contribution in [0, 0.1) is 5.92 Å². The Balaban J connectivity index is 1.91. The molecule has 1 saturated heterocycles. The molecule has 0 aliphatic carbocycles. The molecule has 0 aromatic heterocycles. The fourth-order valence-corrected chi connectivity index (χ4v) is 3.19. The summed E-state index contributed by atoms with van der Waals surface area (Å²) in [5.74, 6) is -0.314. The average Bonchev–Trinajstić information content (AvgIpc) is 2.61. The fraction of sp³-hybridized carbons (Fsp3) is 0.611. The van der Waals surface area contributed by atoms with Gasteiger partial charge in [0.2, 0.25) is 6.29 Å². The number of phenolic OH excluding ortho intramolecular Hbond substituents is 1. The highest BCUT2D eigenvalue weighted by molar-refractivity contribution is 6.02. The molecule has 27 heavy (non-hydrogen) atoms. The van der Waals surface area contributed by atoms with Crippen LogP contribution >= 0.6 is 0 Å². The molecule has 0 bridgehead atoms. The number of hydrogen-bond acceptors (Lipinski definition) is 9. The number of aromatic hydroxyl groups is 1. The second-order valence-corrected chi connectivity index (χ2v) is 7.16. The van der Waals surface area contributed by atoms with Crippen molar-refractivity contribution in [1.29, 1.82) is 0 Å². The topological polar surface area (TPSA) is 146 Å². The van der Waals surface area contributed by atoms with Gasteiger partial charge in [-0.15, -0.1) is 0 Å². The van der Waals surface area contributed by atoms with Crippen LogP contribution in [0.1, 0.15) is 30.6 Å². The average molecular weight is 384 g/mol. The van der Waals surface area contributed by atoms with Gasteiger partial charge in [0.15, 0.2) is 5.78 Å². The van der Waals surface area contributed by atoms with Crippen molar-refractivity contribution in [3.63, 3.8) is 0 Å². The first-order chi connectivity index (χ1) is 12.7. The van der Waals surface area contributed by atoms with Crippen LogP contribution < -0.4 is 9.47 Å². The van der Waals surface area contributed by atoms with Crippen LogP contribution in [0.15, 0.2) is 12.1 Å². The summed E-state index contributed by atoms with van der Waals surface area (Å²) in [6, 6.07) is 2.49. The lowest BCUT2D eigenvalue weighted by molar-refractivity contribution is -0.277. The van der Waals surface area contributed by atoms with E-state index in [9.17, 15) is 30.3 Å². The zero-order valence-corrected chi connectivity index (χ0v) is 15.0. The Morgan fingerprint density at radius 2 is 1.89 bits per heavy atom. The lowest BCUT2D eigenvalue weighted by Gasteiger charge is -2.40. The molecular formula is C18H24O9. The summed E-state index contributed by atoms with van der Waals surface area (Å²) in [7, 11) is 0. The number of ketones is 1. The predicted octanol–water partition coefficient (Wildman–Crippen LogP) is -0.439. The summed E-state index contributed by atoms with van der Waals surface area (Å²) in [5.41, 5.74) is 0.0988. The standard InChI is InChI=1S/C18H24O9/c1-7(2)10-5-9(21)14-11(25-10)3-8(20)4-12(14)26-18-17(24)16(23)15(22)13(6-19)27-18/h3-4,7,10,13,15-20,22-24H,5-6H2,1-2H3/t10-,13-,15-,16+,17-,18-/m1/s1. The molecule has 9 nitrogen and oxygen atoms in total. The molecule has 3 rings (SSSR count). The van der Waals surface area contributed by atoms with Crippen molar-refractivity contribution in [3.8, 4) is 17.2 Å². The molecule has 0 amide bonds. The van der Waals surface area contributed by atoms with E-state index >= 15 is 0 Å². The van der Waals surface area contributed by atoms with Crippen LogP contribution in [0.5, 0.6) is 17.2 Å². The molecule has 0 radical (unpaired) electrons. The summed E-state index contributed by atoms with van der Waals surface area (Å²) >= 11 is 0. The maximum absolute atomic E-state index is 12.6. The number of aliphatic hydroxyl groups excluding tert-OH is 4. The molecule has 6 atom stereocenters. The van der Waals surface area contributed by atoms with Crippen LogP contribution in [0.4, 0.5) is 0 Å². The van der Waals surface area contributed by atoms with Gasteiger partial charge < -0.3 is 39.7 Å². The number of benzene rings is 1. The molecule has 5 N–H and O–H groups in total. The van der Waals surface area contributed by atoms with Crippen LogP contribution in [0.3, 0.4) is 0 Å². The zero-order chi connectivity index (χ0) is 19.9. The van der Waals surface area contributed by atoms with Crippen molar-refractivity contribution < 1.29 is 44.5 Å². The van der Waals surface area contributed by atoms with Gasteiger partial charge in [0, 0.05) is 18.6 Å². The molecular weight excluding hydrogens is 360 g/mol. The minimum absolute atomic E-state index is 0.0819.